The average molecular weight is 322 g/mol. The largest absolute Gasteiger partial charge is 0.497 e. The Labute approximate surface area is 143 Å². The van der Waals surface area contributed by atoms with Crippen LogP contribution in [-0.2, 0) is 4.79 Å². The van der Waals surface area contributed by atoms with Crippen molar-refractivity contribution in [1.82, 2.24) is 0 Å². The summed E-state index contributed by atoms with van der Waals surface area (Å²) >= 11 is 0. The Bertz CT molecular complexity index is 649. The molecule has 0 spiro atoms. The summed E-state index contributed by atoms with van der Waals surface area (Å²) < 4.78 is 10.5. The topological polar surface area (TPSA) is 35.5 Å². The zero-order chi connectivity index (χ0) is 17.7. The molecule has 0 aromatic heterocycles. The monoisotopic (exact) mass is 322 g/mol. The Balaban J connectivity index is 2.54. The molecule has 0 saturated carbocycles. The molecule has 3 nitrogen and oxygen atoms in total. The van der Waals surface area contributed by atoms with E-state index in [1.165, 1.54) is 0 Å². The lowest BCUT2D eigenvalue weighted by Crippen LogP contribution is -2.26. The van der Waals surface area contributed by atoms with Crippen molar-refractivity contribution in [3.8, 4) is 11.5 Å². The number of hydrogen-bond donors (Lipinski definition) is 0. The van der Waals surface area contributed by atoms with Crippen LogP contribution in [0.15, 0.2) is 60.7 Å². The van der Waals surface area contributed by atoms with Crippen LogP contribution in [0, 0.1) is 11.3 Å². The first kappa shape index (κ1) is 17.7. The van der Waals surface area contributed by atoms with Crippen LogP contribution >= 0.6 is 0 Å². The molecule has 1 radical (unpaired) electrons. The van der Waals surface area contributed by atoms with E-state index in [1.807, 2.05) is 68.7 Å². The predicted octanol–water partition coefficient (Wildman–Crippen LogP) is 4.37. The van der Waals surface area contributed by atoms with Gasteiger partial charge in [0, 0.05) is 12.5 Å². The molecule has 0 aliphatic rings. The smallest absolute Gasteiger partial charge is 0.359 e. The molecule has 2 rings (SSSR count). The molecule has 24 heavy (non-hydrogen) atoms. The zero-order valence-electron chi connectivity index (χ0n) is 14.6. The Morgan fingerprint density at radius 2 is 1.25 bits per heavy atom. The van der Waals surface area contributed by atoms with Gasteiger partial charge in [-0.15, -0.1) is 0 Å². The molecule has 0 atom stereocenters. The molecule has 2 aromatic carbocycles. The molecule has 3 heteroatoms. The van der Waals surface area contributed by atoms with Crippen LogP contribution in [0.2, 0.25) is 0 Å². The Hall–Kier alpha value is -2.64. The normalized spacial score (nSPS) is 11.0. The lowest BCUT2D eigenvalue weighted by atomic mass is 9.68. The van der Waals surface area contributed by atoms with Crippen molar-refractivity contribution < 1.29 is 14.3 Å². The predicted molar refractivity (Wildman–Crippen MR) is 96.0 cm³/mol. The lowest BCUT2D eigenvalue weighted by Gasteiger charge is -2.31. The molecule has 0 bridgehead atoms. The van der Waals surface area contributed by atoms with Gasteiger partial charge in [0.15, 0.2) is 0 Å². The molecule has 0 N–H and O–H groups in total. The van der Waals surface area contributed by atoms with Crippen molar-refractivity contribution in [2.45, 2.75) is 13.8 Å². The third-order valence-electron chi connectivity index (χ3n) is 4.26. The summed E-state index contributed by atoms with van der Waals surface area (Å²) in [5.74, 6) is 2.57. The van der Waals surface area contributed by atoms with E-state index < -0.39 is 5.41 Å². The van der Waals surface area contributed by atoms with E-state index >= 15 is 0 Å². The van der Waals surface area contributed by atoms with Crippen molar-refractivity contribution in [3.05, 3.63) is 77.7 Å². The highest BCUT2D eigenvalue weighted by atomic mass is 16.5. The van der Waals surface area contributed by atoms with Gasteiger partial charge in [0.1, 0.15) is 11.5 Å². The standard InChI is InChI=1S/C21H22O3/c1-15(14-22)21(2,3)20(16-6-10-18(23-4)11-7-16)17-8-12-19(24-5)13-9-17/h6-13H,1H2,2-5H3/q+1. The highest BCUT2D eigenvalue weighted by Gasteiger charge is 2.40. The first-order chi connectivity index (χ1) is 11.4. The second-order valence-electron chi connectivity index (χ2n) is 6.04. The van der Waals surface area contributed by atoms with Gasteiger partial charge in [-0.2, -0.15) is 0 Å². The Morgan fingerprint density at radius 3 is 1.54 bits per heavy atom. The van der Waals surface area contributed by atoms with E-state index in [4.69, 9.17) is 9.47 Å². The van der Waals surface area contributed by atoms with E-state index in [2.05, 4.69) is 6.58 Å². The summed E-state index contributed by atoms with van der Waals surface area (Å²) in [7, 11) is 3.27. The summed E-state index contributed by atoms with van der Waals surface area (Å²) in [5.41, 5.74) is 1.85. The highest BCUT2D eigenvalue weighted by Crippen LogP contribution is 2.44. The number of carbonyl (C=O) groups excluding carboxylic acids is 1. The van der Waals surface area contributed by atoms with Gasteiger partial charge in [0.05, 0.1) is 19.6 Å². The van der Waals surface area contributed by atoms with Gasteiger partial charge >= 0.3 is 6.29 Å². The van der Waals surface area contributed by atoms with E-state index in [9.17, 15) is 4.79 Å². The van der Waals surface area contributed by atoms with Gasteiger partial charge in [-0.25, -0.2) is 0 Å². The molecule has 0 amide bonds. The van der Waals surface area contributed by atoms with E-state index in [1.54, 1.807) is 14.2 Å². The number of rotatable bonds is 7. The molecular weight excluding hydrogens is 300 g/mol. The first-order valence-corrected chi connectivity index (χ1v) is 7.68. The third kappa shape index (κ3) is 3.47. The fourth-order valence-corrected chi connectivity index (χ4v) is 2.68. The van der Waals surface area contributed by atoms with Crippen LogP contribution in [0.3, 0.4) is 0 Å². The molecule has 0 aliphatic carbocycles. The Kier molecular flexibility index (Phi) is 5.38. The van der Waals surface area contributed by atoms with Gasteiger partial charge < -0.3 is 9.47 Å². The van der Waals surface area contributed by atoms with Crippen LogP contribution < -0.4 is 9.47 Å². The van der Waals surface area contributed by atoms with Crippen LogP contribution in [0.1, 0.15) is 25.0 Å². The highest BCUT2D eigenvalue weighted by molar-refractivity contribution is 5.77. The maximum Gasteiger partial charge on any atom is 0.359 e. The minimum absolute atomic E-state index is 0.407. The quantitative estimate of drug-likeness (QED) is 0.561. The number of methoxy groups -OCH3 is 2. The lowest BCUT2D eigenvalue weighted by molar-refractivity contribution is 0.414. The number of ether oxygens (including phenoxy) is 2. The minimum atomic E-state index is -0.565. The van der Waals surface area contributed by atoms with Crippen molar-refractivity contribution in [2.75, 3.05) is 14.2 Å². The number of allylic oxidation sites excluding steroid dienone is 1. The summed E-state index contributed by atoms with van der Waals surface area (Å²) in [6.07, 6.45) is 1.96. The van der Waals surface area contributed by atoms with Gasteiger partial charge in [0.25, 0.3) is 0 Å². The molecule has 0 fully saturated rings. The molecule has 2 aromatic rings. The van der Waals surface area contributed by atoms with Gasteiger partial charge in [-0.05, 0) is 35.4 Å². The van der Waals surface area contributed by atoms with Crippen molar-refractivity contribution in [1.29, 1.82) is 0 Å². The maximum atomic E-state index is 11.2. The second-order valence-corrected chi connectivity index (χ2v) is 6.04. The number of hydrogen-bond acceptors (Lipinski definition) is 3. The van der Waals surface area contributed by atoms with E-state index in [-0.39, 0.29) is 0 Å². The summed E-state index contributed by atoms with van der Waals surface area (Å²) in [6, 6.07) is 15.6. The zero-order valence-corrected chi connectivity index (χ0v) is 14.6. The van der Waals surface area contributed by atoms with Crippen LogP contribution in [-0.4, -0.2) is 20.5 Å². The molecular formula is C21H22O3+. The second kappa shape index (κ2) is 7.29. The van der Waals surface area contributed by atoms with Crippen LogP contribution in [0.5, 0.6) is 11.5 Å². The molecule has 0 aliphatic heterocycles. The molecule has 0 heterocycles. The molecule has 0 saturated heterocycles. The van der Waals surface area contributed by atoms with Crippen molar-refractivity contribution >= 4 is 6.29 Å². The van der Waals surface area contributed by atoms with Crippen LogP contribution in [0.25, 0.3) is 0 Å². The third-order valence-corrected chi connectivity index (χ3v) is 4.26. The van der Waals surface area contributed by atoms with E-state index in [0.29, 0.717) is 5.57 Å². The first-order valence-electron chi connectivity index (χ1n) is 7.68. The Morgan fingerprint density at radius 1 is 0.875 bits per heavy atom. The average Bonchev–Trinajstić information content (AvgIpc) is 2.62. The maximum absolute atomic E-state index is 11.2. The SMILES string of the molecule is C=C([C+]=O)C(C)(C)[C](c1ccc(OC)cc1)c1ccc(OC)cc1. The van der Waals surface area contributed by atoms with Crippen LogP contribution in [0.4, 0.5) is 0 Å². The molecule has 0 unspecified atom stereocenters. The van der Waals surface area contributed by atoms with Gasteiger partial charge in [0.2, 0.25) is 5.57 Å². The molecule has 123 valence electrons. The summed E-state index contributed by atoms with van der Waals surface area (Å²) in [6.45, 7) is 7.84. The number of benzene rings is 2. The van der Waals surface area contributed by atoms with Crippen molar-refractivity contribution in [2.24, 2.45) is 5.41 Å². The minimum Gasteiger partial charge on any atom is -0.497 e. The fraction of sp³-hybridized carbons (Fsp3) is 0.238. The summed E-state index contributed by atoms with van der Waals surface area (Å²) in [5, 5.41) is 0. The fourth-order valence-electron chi connectivity index (χ4n) is 2.68. The summed E-state index contributed by atoms with van der Waals surface area (Å²) in [4.78, 5) is 11.2. The van der Waals surface area contributed by atoms with Gasteiger partial charge in [-0.1, -0.05) is 42.9 Å². The van der Waals surface area contributed by atoms with E-state index in [0.717, 1.165) is 28.5 Å². The van der Waals surface area contributed by atoms with Crippen molar-refractivity contribution in [3.63, 3.8) is 0 Å². The van der Waals surface area contributed by atoms with Gasteiger partial charge in [-0.3, -0.25) is 0 Å².